The maximum Gasteiger partial charge on any atom is 0.234 e. The summed E-state index contributed by atoms with van der Waals surface area (Å²) in [5, 5.41) is 2.91. The van der Waals surface area contributed by atoms with E-state index < -0.39 is 0 Å². The van der Waals surface area contributed by atoms with Gasteiger partial charge in [-0.15, -0.1) is 0 Å². The van der Waals surface area contributed by atoms with Gasteiger partial charge in [-0.25, -0.2) is 0 Å². The molecule has 1 rings (SSSR count). The summed E-state index contributed by atoms with van der Waals surface area (Å²) < 4.78 is 5.00. The molecule has 2 atom stereocenters. The summed E-state index contributed by atoms with van der Waals surface area (Å²) in [6, 6.07) is 10.4. The Morgan fingerprint density at radius 2 is 1.95 bits per heavy atom. The largest absolute Gasteiger partial charge is 0.383 e. The van der Waals surface area contributed by atoms with Crippen molar-refractivity contribution < 1.29 is 9.53 Å². The molecule has 0 aliphatic carbocycles. The first-order chi connectivity index (χ1) is 9.04. The highest BCUT2D eigenvalue weighted by Gasteiger charge is 2.15. The molecule has 0 aliphatic heterocycles. The Kier molecular flexibility index (Phi) is 6.53. The average Bonchev–Trinajstić information content (AvgIpc) is 2.38. The van der Waals surface area contributed by atoms with E-state index in [2.05, 4.69) is 24.4 Å². The van der Waals surface area contributed by atoms with E-state index in [9.17, 15) is 4.79 Å². The first-order valence-electron chi connectivity index (χ1n) is 6.58. The smallest absolute Gasteiger partial charge is 0.234 e. The quantitative estimate of drug-likeness (QED) is 0.817. The number of rotatable bonds is 7. The third kappa shape index (κ3) is 5.41. The van der Waals surface area contributed by atoms with Gasteiger partial charge >= 0.3 is 0 Å². The molecule has 0 bridgehead atoms. The molecule has 0 spiro atoms. The van der Waals surface area contributed by atoms with Crippen LogP contribution in [0.5, 0.6) is 0 Å². The number of benzene rings is 1. The summed E-state index contributed by atoms with van der Waals surface area (Å²) in [5.41, 5.74) is 1.21. The van der Waals surface area contributed by atoms with Gasteiger partial charge < -0.3 is 10.1 Å². The lowest BCUT2D eigenvalue weighted by molar-refractivity contribution is -0.123. The standard InChI is InChI=1S/C15H24N2O2/c1-12(11-19-4)16-15(18)10-17(3)13(2)14-8-6-5-7-9-14/h5-9,12-13H,10-11H2,1-4H3,(H,16,18)/t12-,13-/m1/s1. The van der Waals surface area contributed by atoms with Gasteiger partial charge in [-0.1, -0.05) is 30.3 Å². The molecule has 0 heterocycles. The Hall–Kier alpha value is -1.39. The van der Waals surface area contributed by atoms with Crippen molar-refractivity contribution in [1.82, 2.24) is 10.2 Å². The van der Waals surface area contributed by atoms with E-state index in [1.54, 1.807) is 7.11 Å². The normalized spacial score (nSPS) is 14.2. The van der Waals surface area contributed by atoms with Crippen LogP contribution in [0.2, 0.25) is 0 Å². The van der Waals surface area contributed by atoms with Crippen LogP contribution in [0.3, 0.4) is 0 Å². The van der Waals surface area contributed by atoms with Gasteiger partial charge in [-0.05, 0) is 26.5 Å². The minimum absolute atomic E-state index is 0.0230. The molecule has 0 aromatic heterocycles. The highest BCUT2D eigenvalue weighted by molar-refractivity contribution is 5.78. The molecule has 1 amide bonds. The number of amides is 1. The van der Waals surface area contributed by atoms with Crippen molar-refractivity contribution in [3.63, 3.8) is 0 Å². The Labute approximate surface area is 115 Å². The maximum absolute atomic E-state index is 11.9. The molecule has 106 valence electrons. The zero-order valence-corrected chi connectivity index (χ0v) is 12.2. The molecule has 0 saturated heterocycles. The van der Waals surface area contributed by atoms with Crippen LogP contribution in [0.15, 0.2) is 30.3 Å². The number of likely N-dealkylation sites (N-methyl/N-ethyl adjacent to an activating group) is 1. The van der Waals surface area contributed by atoms with E-state index >= 15 is 0 Å². The fourth-order valence-corrected chi connectivity index (χ4v) is 1.96. The monoisotopic (exact) mass is 264 g/mol. The molecular formula is C15H24N2O2. The predicted octanol–water partition coefficient (Wildman–Crippen LogP) is 1.83. The molecule has 0 aliphatic rings. The SMILES string of the molecule is COC[C@@H](C)NC(=O)CN(C)[C@H](C)c1ccccc1. The van der Waals surface area contributed by atoms with Gasteiger partial charge in [0.2, 0.25) is 5.91 Å². The van der Waals surface area contributed by atoms with Gasteiger partial charge in [-0.3, -0.25) is 9.69 Å². The van der Waals surface area contributed by atoms with E-state index in [1.165, 1.54) is 5.56 Å². The van der Waals surface area contributed by atoms with Crippen molar-refractivity contribution in [2.45, 2.75) is 25.9 Å². The average molecular weight is 264 g/mol. The Balaban J connectivity index is 2.46. The number of hydrogen-bond donors (Lipinski definition) is 1. The number of carbonyl (C=O) groups is 1. The summed E-state index contributed by atoms with van der Waals surface area (Å²) in [5.74, 6) is 0.0230. The van der Waals surface area contributed by atoms with Crippen molar-refractivity contribution in [3.8, 4) is 0 Å². The van der Waals surface area contributed by atoms with Crippen LogP contribution in [0.4, 0.5) is 0 Å². The van der Waals surface area contributed by atoms with Gasteiger partial charge in [0, 0.05) is 19.2 Å². The zero-order valence-electron chi connectivity index (χ0n) is 12.2. The van der Waals surface area contributed by atoms with Gasteiger partial charge in [0.15, 0.2) is 0 Å². The van der Waals surface area contributed by atoms with Crippen molar-refractivity contribution in [2.75, 3.05) is 27.3 Å². The Bertz CT molecular complexity index is 381. The molecule has 1 aromatic carbocycles. The maximum atomic E-state index is 11.9. The summed E-state index contributed by atoms with van der Waals surface area (Å²) >= 11 is 0. The fraction of sp³-hybridized carbons (Fsp3) is 0.533. The molecule has 4 nitrogen and oxygen atoms in total. The predicted molar refractivity (Wildman–Crippen MR) is 77.0 cm³/mol. The molecule has 19 heavy (non-hydrogen) atoms. The van der Waals surface area contributed by atoms with Crippen molar-refractivity contribution in [3.05, 3.63) is 35.9 Å². The first kappa shape index (κ1) is 15.7. The van der Waals surface area contributed by atoms with Gasteiger partial charge in [0.05, 0.1) is 13.2 Å². The minimum atomic E-state index is 0.0230. The molecule has 0 fully saturated rings. The first-order valence-corrected chi connectivity index (χ1v) is 6.58. The van der Waals surface area contributed by atoms with E-state index in [-0.39, 0.29) is 18.0 Å². The lowest BCUT2D eigenvalue weighted by atomic mass is 10.1. The fourth-order valence-electron chi connectivity index (χ4n) is 1.96. The van der Waals surface area contributed by atoms with E-state index in [1.807, 2.05) is 37.1 Å². The van der Waals surface area contributed by atoms with E-state index in [0.29, 0.717) is 13.2 Å². The second-order valence-corrected chi connectivity index (χ2v) is 4.93. The summed E-state index contributed by atoms with van der Waals surface area (Å²) in [7, 11) is 3.59. The van der Waals surface area contributed by atoms with Crippen LogP contribution < -0.4 is 5.32 Å². The van der Waals surface area contributed by atoms with Crippen molar-refractivity contribution in [1.29, 1.82) is 0 Å². The van der Waals surface area contributed by atoms with Crippen LogP contribution in [0.1, 0.15) is 25.5 Å². The molecule has 0 saturated carbocycles. The lowest BCUT2D eigenvalue weighted by Crippen LogP contribution is -2.42. The van der Waals surface area contributed by atoms with Crippen LogP contribution >= 0.6 is 0 Å². The summed E-state index contributed by atoms with van der Waals surface area (Å²) in [6.07, 6.45) is 0. The Morgan fingerprint density at radius 3 is 2.53 bits per heavy atom. The van der Waals surface area contributed by atoms with Crippen LogP contribution in [0, 0.1) is 0 Å². The topological polar surface area (TPSA) is 41.6 Å². The van der Waals surface area contributed by atoms with Crippen molar-refractivity contribution >= 4 is 5.91 Å². The third-order valence-electron chi connectivity index (χ3n) is 3.16. The molecule has 0 radical (unpaired) electrons. The molecule has 4 heteroatoms. The summed E-state index contributed by atoms with van der Waals surface area (Å²) in [6.45, 7) is 4.94. The molecular weight excluding hydrogens is 240 g/mol. The van der Waals surface area contributed by atoms with Gasteiger partial charge in [0.25, 0.3) is 0 Å². The van der Waals surface area contributed by atoms with Crippen LogP contribution in [0.25, 0.3) is 0 Å². The van der Waals surface area contributed by atoms with Gasteiger partial charge in [0.1, 0.15) is 0 Å². The highest BCUT2D eigenvalue weighted by atomic mass is 16.5. The zero-order chi connectivity index (χ0) is 14.3. The van der Waals surface area contributed by atoms with Gasteiger partial charge in [-0.2, -0.15) is 0 Å². The number of hydrogen-bond acceptors (Lipinski definition) is 3. The highest BCUT2D eigenvalue weighted by Crippen LogP contribution is 2.17. The van der Waals surface area contributed by atoms with Crippen molar-refractivity contribution in [2.24, 2.45) is 0 Å². The molecule has 1 N–H and O–H groups in total. The van der Waals surface area contributed by atoms with Crippen LogP contribution in [-0.2, 0) is 9.53 Å². The second kappa shape index (κ2) is 7.92. The number of nitrogens with one attached hydrogen (secondary N) is 1. The lowest BCUT2D eigenvalue weighted by Gasteiger charge is -2.25. The molecule has 0 unspecified atom stereocenters. The number of nitrogens with zero attached hydrogens (tertiary/aromatic N) is 1. The minimum Gasteiger partial charge on any atom is -0.383 e. The number of methoxy groups -OCH3 is 1. The van der Waals surface area contributed by atoms with E-state index in [4.69, 9.17) is 4.74 Å². The molecule has 1 aromatic rings. The number of ether oxygens (including phenoxy) is 1. The third-order valence-corrected chi connectivity index (χ3v) is 3.16. The second-order valence-electron chi connectivity index (χ2n) is 4.93. The van der Waals surface area contributed by atoms with Crippen LogP contribution in [-0.4, -0.2) is 44.2 Å². The Morgan fingerprint density at radius 1 is 1.32 bits per heavy atom. The number of carbonyl (C=O) groups excluding carboxylic acids is 1. The van der Waals surface area contributed by atoms with E-state index in [0.717, 1.165) is 0 Å². The summed E-state index contributed by atoms with van der Waals surface area (Å²) in [4.78, 5) is 13.9.